The largest absolute Gasteiger partial charge is 0.508 e. The molecule has 0 saturated heterocycles. The monoisotopic (exact) mass is 225 g/mol. The molecular formula is C12H19NO3. The lowest BCUT2D eigenvalue weighted by Gasteiger charge is -2.24. The molecule has 0 bridgehead atoms. The van der Waals surface area contributed by atoms with Gasteiger partial charge in [0.15, 0.2) is 0 Å². The molecule has 0 aliphatic heterocycles. The molecule has 0 saturated carbocycles. The van der Waals surface area contributed by atoms with Gasteiger partial charge in [0.1, 0.15) is 5.75 Å². The molecule has 0 aromatic heterocycles. The summed E-state index contributed by atoms with van der Waals surface area (Å²) in [6.07, 6.45) is 1.18. The average Bonchev–Trinajstić information content (AvgIpc) is 2.27. The predicted molar refractivity (Wildman–Crippen MR) is 62.3 cm³/mol. The van der Waals surface area contributed by atoms with Crippen molar-refractivity contribution in [2.45, 2.75) is 25.3 Å². The third-order valence-electron chi connectivity index (χ3n) is 2.85. The van der Waals surface area contributed by atoms with Gasteiger partial charge in [-0.2, -0.15) is 0 Å². The van der Waals surface area contributed by atoms with Crippen LogP contribution in [0.4, 0.5) is 0 Å². The molecule has 0 spiro atoms. The van der Waals surface area contributed by atoms with Gasteiger partial charge in [-0.15, -0.1) is 0 Å². The van der Waals surface area contributed by atoms with Crippen molar-refractivity contribution in [3.8, 4) is 5.75 Å². The molecule has 0 radical (unpaired) electrons. The summed E-state index contributed by atoms with van der Waals surface area (Å²) in [4.78, 5) is 0. The number of rotatable bonds is 5. The number of phenolic OH excluding ortho intramolecular Hbond substituents is 1. The number of aryl methyl sites for hydroxylation is 2. The van der Waals surface area contributed by atoms with Crippen molar-refractivity contribution in [2.24, 2.45) is 5.73 Å². The smallest absolute Gasteiger partial charge is 0.115 e. The van der Waals surface area contributed by atoms with E-state index in [4.69, 9.17) is 15.9 Å². The zero-order valence-electron chi connectivity index (χ0n) is 9.48. The summed E-state index contributed by atoms with van der Waals surface area (Å²) >= 11 is 0. The Morgan fingerprint density at radius 1 is 1.25 bits per heavy atom. The standard InChI is InChI=1S/C12H19NO3/c1-9-6-11(16)3-2-10(9)4-5-12(13,7-14)8-15/h2-3,6,14-16H,4-5,7-8,13H2,1H3. The Labute approximate surface area is 95.3 Å². The fourth-order valence-corrected chi connectivity index (χ4v) is 1.55. The number of hydrogen-bond donors (Lipinski definition) is 4. The van der Waals surface area contributed by atoms with Gasteiger partial charge in [-0.3, -0.25) is 0 Å². The molecular weight excluding hydrogens is 206 g/mol. The number of aliphatic hydroxyl groups excluding tert-OH is 2. The predicted octanol–water partition coefficient (Wildman–Crippen LogP) is 0.315. The van der Waals surface area contributed by atoms with Gasteiger partial charge in [-0.1, -0.05) is 6.07 Å². The van der Waals surface area contributed by atoms with E-state index >= 15 is 0 Å². The maximum absolute atomic E-state index is 9.25. The van der Waals surface area contributed by atoms with Gasteiger partial charge >= 0.3 is 0 Å². The fraction of sp³-hybridized carbons (Fsp3) is 0.500. The summed E-state index contributed by atoms with van der Waals surface area (Å²) in [5.74, 6) is 0.240. The fourth-order valence-electron chi connectivity index (χ4n) is 1.55. The summed E-state index contributed by atoms with van der Waals surface area (Å²) in [6.45, 7) is 1.44. The van der Waals surface area contributed by atoms with Crippen LogP contribution in [0.5, 0.6) is 5.75 Å². The second kappa shape index (κ2) is 5.30. The quantitative estimate of drug-likeness (QED) is 0.581. The number of aromatic hydroxyl groups is 1. The second-order valence-electron chi connectivity index (χ2n) is 4.29. The van der Waals surface area contributed by atoms with E-state index in [1.807, 2.05) is 13.0 Å². The molecule has 0 aliphatic rings. The average molecular weight is 225 g/mol. The highest BCUT2D eigenvalue weighted by Crippen LogP contribution is 2.19. The molecule has 1 aromatic rings. The van der Waals surface area contributed by atoms with Crippen LogP contribution in [0.15, 0.2) is 18.2 Å². The normalized spacial score (nSPS) is 11.8. The zero-order valence-corrected chi connectivity index (χ0v) is 9.48. The van der Waals surface area contributed by atoms with Crippen LogP contribution in [0.1, 0.15) is 17.5 Å². The number of nitrogens with two attached hydrogens (primary N) is 1. The molecule has 5 N–H and O–H groups in total. The van der Waals surface area contributed by atoms with E-state index in [2.05, 4.69) is 0 Å². The molecule has 1 rings (SSSR count). The first-order valence-corrected chi connectivity index (χ1v) is 5.30. The van der Waals surface area contributed by atoms with Gasteiger partial charge in [0.2, 0.25) is 0 Å². The molecule has 0 atom stereocenters. The molecule has 90 valence electrons. The Morgan fingerprint density at radius 2 is 1.88 bits per heavy atom. The van der Waals surface area contributed by atoms with Crippen molar-refractivity contribution in [3.05, 3.63) is 29.3 Å². The summed E-state index contributed by atoms with van der Waals surface area (Å²) in [7, 11) is 0. The number of phenols is 1. The van der Waals surface area contributed by atoms with Crippen LogP contribution in [-0.4, -0.2) is 34.1 Å². The van der Waals surface area contributed by atoms with Crippen LogP contribution in [0.3, 0.4) is 0 Å². The van der Waals surface area contributed by atoms with Crippen molar-refractivity contribution in [3.63, 3.8) is 0 Å². The van der Waals surface area contributed by atoms with Crippen LogP contribution in [0.25, 0.3) is 0 Å². The van der Waals surface area contributed by atoms with Crippen LogP contribution in [-0.2, 0) is 6.42 Å². The lowest BCUT2D eigenvalue weighted by Crippen LogP contribution is -2.47. The van der Waals surface area contributed by atoms with Crippen molar-refractivity contribution in [1.82, 2.24) is 0 Å². The van der Waals surface area contributed by atoms with Crippen molar-refractivity contribution in [2.75, 3.05) is 13.2 Å². The number of benzene rings is 1. The molecule has 4 nitrogen and oxygen atoms in total. The first-order valence-electron chi connectivity index (χ1n) is 5.30. The van der Waals surface area contributed by atoms with Crippen molar-refractivity contribution in [1.29, 1.82) is 0 Å². The maximum atomic E-state index is 9.25. The van der Waals surface area contributed by atoms with Crippen LogP contribution in [0, 0.1) is 6.92 Å². The summed E-state index contributed by atoms with van der Waals surface area (Å²) in [5.41, 5.74) is 6.90. The molecule has 0 amide bonds. The topological polar surface area (TPSA) is 86.7 Å². The first-order chi connectivity index (χ1) is 7.50. The minimum Gasteiger partial charge on any atom is -0.508 e. The minimum atomic E-state index is -0.926. The van der Waals surface area contributed by atoms with E-state index in [0.717, 1.165) is 11.1 Å². The zero-order chi connectivity index (χ0) is 12.2. The Balaban J connectivity index is 2.67. The third-order valence-corrected chi connectivity index (χ3v) is 2.85. The highest BCUT2D eigenvalue weighted by Gasteiger charge is 2.22. The Bertz CT molecular complexity index is 348. The Morgan fingerprint density at radius 3 is 2.38 bits per heavy atom. The van der Waals surface area contributed by atoms with Gasteiger partial charge in [-0.05, 0) is 43.0 Å². The Kier molecular flexibility index (Phi) is 4.29. The molecule has 0 heterocycles. The highest BCUT2D eigenvalue weighted by molar-refractivity contribution is 5.34. The SMILES string of the molecule is Cc1cc(O)ccc1CCC(N)(CO)CO. The minimum absolute atomic E-state index is 0.235. The van der Waals surface area contributed by atoms with Gasteiger partial charge in [0, 0.05) is 0 Å². The van der Waals surface area contributed by atoms with Gasteiger partial charge in [0.05, 0.1) is 18.8 Å². The molecule has 0 fully saturated rings. The lowest BCUT2D eigenvalue weighted by atomic mass is 9.92. The van der Waals surface area contributed by atoms with Gasteiger partial charge < -0.3 is 21.1 Å². The summed E-state index contributed by atoms with van der Waals surface area (Å²) in [5, 5.41) is 27.4. The highest BCUT2D eigenvalue weighted by atomic mass is 16.3. The third kappa shape index (κ3) is 3.20. The van der Waals surface area contributed by atoms with E-state index in [1.165, 1.54) is 0 Å². The van der Waals surface area contributed by atoms with Crippen molar-refractivity contribution >= 4 is 0 Å². The molecule has 16 heavy (non-hydrogen) atoms. The summed E-state index contributed by atoms with van der Waals surface area (Å²) in [6, 6.07) is 5.14. The first kappa shape index (κ1) is 13.0. The van der Waals surface area contributed by atoms with E-state index in [1.54, 1.807) is 12.1 Å². The molecule has 4 heteroatoms. The second-order valence-corrected chi connectivity index (χ2v) is 4.29. The van der Waals surface area contributed by atoms with Gasteiger partial charge in [0.25, 0.3) is 0 Å². The van der Waals surface area contributed by atoms with E-state index in [-0.39, 0.29) is 19.0 Å². The van der Waals surface area contributed by atoms with Crippen molar-refractivity contribution < 1.29 is 15.3 Å². The van der Waals surface area contributed by atoms with Crippen LogP contribution >= 0.6 is 0 Å². The van der Waals surface area contributed by atoms with E-state index in [9.17, 15) is 5.11 Å². The lowest BCUT2D eigenvalue weighted by molar-refractivity contribution is 0.115. The summed E-state index contributed by atoms with van der Waals surface area (Å²) < 4.78 is 0. The number of aliphatic hydroxyl groups is 2. The molecule has 0 aliphatic carbocycles. The maximum Gasteiger partial charge on any atom is 0.115 e. The number of hydrogen-bond acceptors (Lipinski definition) is 4. The molecule has 1 aromatic carbocycles. The molecule has 0 unspecified atom stereocenters. The Hall–Kier alpha value is -1.10. The van der Waals surface area contributed by atoms with E-state index in [0.29, 0.717) is 12.8 Å². The van der Waals surface area contributed by atoms with E-state index < -0.39 is 5.54 Å². The van der Waals surface area contributed by atoms with Gasteiger partial charge in [-0.25, -0.2) is 0 Å². The van der Waals surface area contributed by atoms with Crippen LogP contribution < -0.4 is 5.73 Å². The van der Waals surface area contributed by atoms with Crippen LogP contribution in [0.2, 0.25) is 0 Å².